The predicted molar refractivity (Wildman–Crippen MR) is 50.5 cm³/mol. The zero-order chi connectivity index (χ0) is 11.2. The predicted octanol–water partition coefficient (Wildman–Crippen LogP) is 0.220. The molecular formula is C9H17NO4. The maximum absolute atomic E-state index is 11.4. The summed E-state index contributed by atoms with van der Waals surface area (Å²) in [4.78, 5) is 22.7. The Morgan fingerprint density at radius 1 is 1.29 bits per heavy atom. The van der Waals surface area contributed by atoms with E-state index in [1.165, 1.54) is 7.11 Å². The molecule has 0 bridgehead atoms. The summed E-state index contributed by atoms with van der Waals surface area (Å²) in [5, 5.41) is 0. The van der Waals surface area contributed by atoms with Crippen LogP contribution in [0, 0.1) is 0 Å². The number of hydrogen-bond donors (Lipinski definition) is 1. The molecule has 5 heteroatoms. The Balaban J connectivity index is 4.69. The van der Waals surface area contributed by atoms with Crippen molar-refractivity contribution in [1.82, 2.24) is 0 Å². The van der Waals surface area contributed by atoms with Gasteiger partial charge in [0, 0.05) is 0 Å². The van der Waals surface area contributed by atoms with Gasteiger partial charge in [-0.25, -0.2) is 9.59 Å². The first kappa shape index (κ1) is 12.9. The first-order chi connectivity index (χ1) is 6.52. The Labute approximate surface area is 83.5 Å². The van der Waals surface area contributed by atoms with Crippen LogP contribution in [0.1, 0.15) is 26.7 Å². The normalized spacial score (nSPS) is 14.3. The van der Waals surface area contributed by atoms with Crippen molar-refractivity contribution in [2.24, 2.45) is 5.73 Å². The SMILES string of the molecule is CCCC(N)(C(=O)OC)C(=O)OCC. The van der Waals surface area contributed by atoms with Gasteiger partial charge in [0.25, 0.3) is 0 Å². The van der Waals surface area contributed by atoms with Gasteiger partial charge in [-0.15, -0.1) is 0 Å². The van der Waals surface area contributed by atoms with Crippen LogP contribution in [-0.4, -0.2) is 31.2 Å². The lowest BCUT2D eigenvalue weighted by atomic mass is 9.95. The topological polar surface area (TPSA) is 78.6 Å². The largest absolute Gasteiger partial charge is 0.467 e. The molecule has 0 aromatic heterocycles. The number of esters is 2. The van der Waals surface area contributed by atoms with E-state index in [2.05, 4.69) is 4.74 Å². The zero-order valence-electron chi connectivity index (χ0n) is 8.83. The van der Waals surface area contributed by atoms with E-state index in [9.17, 15) is 9.59 Å². The zero-order valence-corrected chi connectivity index (χ0v) is 8.83. The summed E-state index contributed by atoms with van der Waals surface area (Å²) in [6, 6.07) is 0. The number of rotatable bonds is 5. The third-order valence-corrected chi connectivity index (χ3v) is 1.83. The Morgan fingerprint density at radius 3 is 2.21 bits per heavy atom. The lowest BCUT2D eigenvalue weighted by molar-refractivity contribution is -0.163. The standard InChI is InChI=1S/C9H17NO4/c1-4-6-9(10,7(11)13-3)8(12)14-5-2/h4-6,10H2,1-3H3. The fraction of sp³-hybridized carbons (Fsp3) is 0.778. The van der Waals surface area contributed by atoms with E-state index in [4.69, 9.17) is 10.5 Å². The summed E-state index contributed by atoms with van der Waals surface area (Å²) in [5.74, 6) is -1.48. The average molecular weight is 203 g/mol. The van der Waals surface area contributed by atoms with Gasteiger partial charge in [-0.05, 0) is 13.3 Å². The highest BCUT2D eigenvalue weighted by molar-refractivity contribution is 6.04. The molecule has 1 unspecified atom stereocenters. The van der Waals surface area contributed by atoms with E-state index in [0.717, 1.165) is 0 Å². The summed E-state index contributed by atoms with van der Waals surface area (Å²) in [6.45, 7) is 3.67. The second-order valence-corrected chi connectivity index (χ2v) is 2.93. The highest BCUT2D eigenvalue weighted by Crippen LogP contribution is 2.13. The number of hydrogen-bond acceptors (Lipinski definition) is 5. The Bertz CT molecular complexity index is 217. The molecule has 0 aliphatic carbocycles. The minimum Gasteiger partial charge on any atom is -0.467 e. The molecule has 0 aliphatic heterocycles. The lowest BCUT2D eigenvalue weighted by Crippen LogP contribution is -2.56. The second-order valence-electron chi connectivity index (χ2n) is 2.93. The summed E-state index contributed by atoms with van der Waals surface area (Å²) in [5.41, 5.74) is 3.99. The molecule has 1 atom stereocenters. The van der Waals surface area contributed by atoms with E-state index >= 15 is 0 Å². The molecule has 0 saturated heterocycles. The molecule has 0 aromatic carbocycles. The molecule has 82 valence electrons. The van der Waals surface area contributed by atoms with Crippen LogP contribution in [0.4, 0.5) is 0 Å². The van der Waals surface area contributed by atoms with Crippen LogP contribution in [0.15, 0.2) is 0 Å². The summed E-state index contributed by atoms with van der Waals surface area (Å²) in [6.07, 6.45) is 0.822. The maximum Gasteiger partial charge on any atom is 0.337 e. The average Bonchev–Trinajstić information content (AvgIpc) is 2.17. The first-order valence-electron chi connectivity index (χ1n) is 4.57. The molecule has 0 amide bonds. The van der Waals surface area contributed by atoms with Crippen LogP contribution >= 0.6 is 0 Å². The molecule has 0 aliphatic rings. The summed E-state index contributed by atoms with van der Waals surface area (Å²) in [7, 11) is 1.19. The Kier molecular flexibility index (Phi) is 5.15. The highest BCUT2D eigenvalue weighted by atomic mass is 16.6. The minimum absolute atomic E-state index is 0.193. The van der Waals surface area contributed by atoms with Crippen molar-refractivity contribution in [2.75, 3.05) is 13.7 Å². The van der Waals surface area contributed by atoms with Crippen molar-refractivity contribution in [3.05, 3.63) is 0 Å². The van der Waals surface area contributed by atoms with Crippen LogP contribution in [0.25, 0.3) is 0 Å². The van der Waals surface area contributed by atoms with E-state index in [1.807, 2.05) is 6.92 Å². The number of carbonyl (C=O) groups excluding carboxylic acids is 2. The van der Waals surface area contributed by atoms with Crippen molar-refractivity contribution in [3.8, 4) is 0 Å². The molecule has 0 radical (unpaired) electrons. The first-order valence-corrected chi connectivity index (χ1v) is 4.57. The van der Waals surface area contributed by atoms with Crippen LogP contribution < -0.4 is 5.73 Å². The van der Waals surface area contributed by atoms with Gasteiger partial charge < -0.3 is 15.2 Å². The van der Waals surface area contributed by atoms with E-state index < -0.39 is 17.5 Å². The molecule has 0 spiro atoms. The van der Waals surface area contributed by atoms with Crippen molar-refractivity contribution in [2.45, 2.75) is 32.2 Å². The molecular weight excluding hydrogens is 186 g/mol. The molecule has 0 rings (SSSR count). The van der Waals surface area contributed by atoms with Crippen molar-refractivity contribution in [3.63, 3.8) is 0 Å². The van der Waals surface area contributed by atoms with E-state index in [1.54, 1.807) is 6.92 Å². The molecule has 5 nitrogen and oxygen atoms in total. The second kappa shape index (κ2) is 5.59. The minimum atomic E-state index is -1.65. The summed E-state index contributed by atoms with van der Waals surface area (Å²) < 4.78 is 9.19. The van der Waals surface area contributed by atoms with E-state index in [-0.39, 0.29) is 13.0 Å². The van der Waals surface area contributed by atoms with Gasteiger partial charge in [-0.3, -0.25) is 0 Å². The quantitative estimate of drug-likeness (QED) is 0.510. The molecule has 0 aromatic rings. The van der Waals surface area contributed by atoms with Crippen LogP contribution in [0.2, 0.25) is 0 Å². The molecule has 0 saturated carbocycles. The highest BCUT2D eigenvalue weighted by Gasteiger charge is 2.43. The molecule has 14 heavy (non-hydrogen) atoms. The lowest BCUT2D eigenvalue weighted by Gasteiger charge is -2.23. The van der Waals surface area contributed by atoms with Gasteiger partial charge in [0.1, 0.15) is 0 Å². The third kappa shape index (κ3) is 2.70. The van der Waals surface area contributed by atoms with Gasteiger partial charge in [0.2, 0.25) is 5.54 Å². The smallest absolute Gasteiger partial charge is 0.337 e. The van der Waals surface area contributed by atoms with Gasteiger partial charge in [0.05, 0.1) is 13.7 Å². The van der Waals surface area contributed by atoms with Crippen molar-refractivity contribution < 1.29 is 19.1 Å². The van der Waals surface area contributed by atoms with Gasteiger partial charge in [-0.2, -0.15) is 0 Å². The molecule has 0 fully saturated rings. The van der Waals surface area contributed by atoms with Gasteiger partial charge >= 0.3 is 11.9 Å². The number of carbonyl (C=O) groups is 2. The molecule has 0 heterocycles. The van der Waals surface area contributed by atoms with E-state index in [0.29, 0.717) is 6.42 Å². The van der Waals surface area contributed by atoms with Crippen LogP contribution in [-0.2, 0) is 19.1 Å². The Hall–Kier alpha value is -1.10. The van der Waals surface area contributed by atoms with Crippen LogP contribution in [0.5, 0.6) is 0 Å². The van der Waals surface area contributed by atoms with Gasteiger partial charge in [-0.1, -0.05) is 13.3 Å². The fourth-order valence-corrected chi connectivity index (χ4v) is 1.12. The number of nitrogens with two attached hydrogens (primary N) is 1. The number of ether oxygens (including phenoxy) is 2. The monoisotopic (exact) mass is 203 g/mol. The molecule has 2 N–H and O–H groups in total. The van der Waals surface area contributed by atoms with Crippen molar-refractivity contribution >= 4 is 11.9 Å². The fourth-order valence-electron chi connectivity index (χ4n) is 1.12. The maximum atomic E-state index is 11.4. The van der Waals surface area contributed by atoms with Crippen LogP contribution in [0.3, 0.4) is 0 Å². The Morgan fingerprint density at radius 2 is 1.86 bits per heavy atom. The van der Waals surface area contributed by atoms with Crippen molar-refractivity contribution in [1.29, 1.82) is 0 Å². The third-order valence-electron chi connectivity index (χ3n) is 1.83. The number of methoxy groups -OCH3 is 1. The summed E-state index contributed by atoms with van der Waals surface area (Å²) >= 11 is 0. The van der Waals surface area contributed by atoms with Gasteiger partial charge in [0.15, 0.2) is 0 Å².